The summed E-state index contributed by atoms with van der Waals surface area (Å²) in [6, 6.07) is 11.6. The summed E-state index contributed by atoms with van der Waals surface area (Å²) in [5, 5.41) is 10.0. The van der Waals surface area contributed by atoms with E-state index in [9.17, 15) is 4.79 Å². The van der Waals surface area contributed by atoms with Crippen LogP contribution in [0.3, 0.4) is 0 Å². The van der Waals surface area contributed by atoms with Crippen LogP contribution in [0, 0.1) is 0 Å². The number of hydrogen-bond acceptors (Lipinski definition) is 4. The van der Waals surface area contributed by atoms with Crippen LogP contribution in [0.15, 0.2) is 52.4 Å². The number of nitrogens with zero attached hydrogens (tertiary/aromatic N) is 4. The molecule has 1 amide bonds. The summed E-state index contributed by atoms with van der Waals surface area (Å²) in [6.07, 6.45) is 1.65. The van der Waals surface area contributed by atoms with Crippen molar-refractivity contribution >= 4 is 33.2 Å². The first-order chi connectivity index (χ1) is 10.6. The van der Waals surface area contributed by atoms with E-state index in [-0.39, 0.29) is 5.91 Å². The van der Waals surface area contributed by atoms with Gasteiger partial charge in [0.05, 0.1) is 18.4 Å². The molecule has 5 nitrogen and oxygen atoms in total. The fraction of sp³-hybridized carbons (Fsp3) is 0.133. The van der Waals surface area contributed by atoms with Crippen molar-refractivity contribution in [2.24, 2.45) is 0 Å². The minimum Gasteiger partial charge on any atom is -0.335 e. The number of benzene rings is 1. The molecule has 0 aliphatic rings. The molecule has 1 aromatic carbocycles. The Hall–Kier alpha value is -1.99. The Morgan fingerprint density at radius 2 is 2.23 bits per heavy atom. The Kier molecular flexibility index (Phi) is 4.35. The average Bonchev–Trinajstić information content (AvgIpc) is 3.17. The van der Waals surface area contributed by atoms with Crippen molar-refractivity contribution in [2.75, 3.05) is 7.05 Å². The van der Waals surface area contributed by atoms with Gasteiger partial charge in [-0.25, -0.2) is 4.68 Å². The van der Waals surface area contributed by atoms with Crippen molar-refractivity contribution in [1.29, 1.82) is 0 Å². The van der Waals surface area contributed by atoms with Crippen LogP contribution in [0.1, 0.15) is 15.4 Å². The number of hydrogen-bond donors (Lipinski definition) is 0. The third-order valence-electron chi connectivity index (χ3n) is 3.11. The lowest BCUT2D eigenvalue weighted by Gasteiger charge is -2.14. The minimum absolute atomic E-state index is 0.144. The second-order valence-corrected chi connectivity index (χ2v) is 6.72. The van der Waals surface area contributed by atoms with Gasteiger partial charge in [0.25, 0.3) is 5.91 Å². The lowest BCUT2D eigenvalue weighted by Crippen LogP contribution is -2.26. The second kappa shape index (κ2) is 6.41. The molecule has 0 saturated heterocycles. The maximum Gasteiger partial charge on any atom is 0.276 e. The van der Waals surface area contributed by atoms with Gasteiger partial charge in [-0.05, 0) is 29.6 Å². The summed E-state index contributed by atoms with van der Waals surface area (Å²) in [7, 11) is 1.76. The topological polar surface area (TPSA) is 51.0 Å². The summed E-state index contributed by atoms with van der Waals surface area (Å²) >= 11 is 5.04. The summed E-state index contributed by atoms with van der Waals surface area (Å²) in [5.74, 6) is -0.144. The smallest absolute Gasteiger partial charge is 0.276 e. The predicted octanol–water partition coefficient (Wildman–Crippen LogP) is 3.36. The van der Waals surface area contributed by atoms with Crippen molar-refractivity contribution < 1.29 is 4.79 Å². The Labute approximate surface area is 140 Å². The molecule has 0 atom stereocenters. The van der Waals surface area contributed by atoms with Crippen LogP contribution >= 0.6 is 27.3 Å². The van der Waals surface area contributed by atoms with Gasteiger partial charge >= 0.3 is 0 Å². The molecular formula is C15H13BrN4OS. The molecule has 7 heteroatoms. The van der Waals surface area contributed by atoms with Gasteiger partial charge in [0.2, 0.25) is 0 Å². The third-order valence-corrected chi connectivity index (χ3v) is 4.46. The highest BCUT2D eigenvalue weighted by atomic mass is 79.9. The van der Waals surface area contributed by atoms with Crippen molar-refractivity contribution in [3.63, 3.8) is 0 Å². The van der Waals surface area contributed by atoms with Gasteiger partial charge in [-0.2, -0.15) is 0 Å². The van der Waals surface area contributed by atoms with Crippen LogP contribution < -0.4 is 0 Å². The molecule has 0 radical (unpaired) electrons. The SMILES string of the molecule is CN(Cc1cccs1)C(=O)c1cn(-c2cccc(Br)c2)nn1. The molecule has 0 spiro atoms. The van der Waals surface area contributed by atoms with Crippen molar-refractivity contribution in [1.82, 2.24) is 19.9 Å². The number of aromatic nitrogens is 3. The number of rotatable bonds is 4. The molecule has 0 bridgehead atoms. The van der Waals surface area contributed by atoms with Gasteiger partial charge in [0.15, 0.2) is 5.69 Å². The molecule has 0 saturated carbocycles. The van der Waals surface area contributed by atoms with Gasteiger partial charge in [0, 0.05) is 16.4 Å². The van der Waals surface area contributed by atoms with E-state index < -0.39 is 0 Å². The maximum atomic E-state index is 12.4. The largest absolute Gasteiger partial charge is 0.335 e. The van der Waals surface area contributed by atoms with Gasteiger partial charge in [-0.3, -0.25) is 4.79 Å². The number of amides is 1. The molecule has 2 aromatic heterocycles. The number of carbonyl (C=O) groups excluding carboxylic acids is 1. The highest BCUT2D eigenvalue weighted by molar-refractivity contribution is 9.10. The Balaban J connectivity index is 1.76. The zero-order valence-electron chi connectivity index (χ0n) is 11.8. The Morgan fingerprint density at radius 1 is 1.36 bits per heavy atom. The van der Waals surface area contributed by atoms with Gasteiger partial charge in [-0.15, -0.1) is 16.4 Å². The van der Waals surface area contributed by atoms with Crippen LogP contribution in [0.4, 0.5) is 0 Å². The zero-order chi connectivity index (χ0) is 15.5. The standard InChI is InChI=1S/C15H13BrN4OS/c1-19(9-13-6-3-7-22-13)15(21)14-10-20(18-17-14)12-5-2-4-11(16)8-12/h2-8,10H,9H2,1H3. The van der Waals surface area contributed by atoms with E-state index in [0.717, 1.165) is 15.0 Å². The van der Waals surface area contributed by atoms with E-state index >= 15 is 0 Å². The molecule has 0 N–H and O–H groups in total. The van der Waals surface area contributed by atoms with Crippen molar-refractivity contribution in [2.45, 2.75) is 6.54 Å². The molecule has 0 aliphatic heterocycles. The highest BCUT2D eigenvalue weighted by Crippen LogP contribution is 2.16. The number of halogens is 1. The summed E-state index contributed by atoms with van der Waals surface area (Å²) < 4.78 is 2.54. The summed E-state index contributed by atoms with van der Waals surface area (Å²) in [4.78, 5) is 15.2. The lowest BCUT2D eigenvalue weighted by atomic mass is 10.3. The number of thiophene rings is 1. The summed E-state index contributed by atoms with van der Waals surface area (Å²) in [5.41, 5.74) is 1.18. The Morgan fingerprint density at radius 3 is 2.95 bits per heavy atom. The van der Waals surface area contributed by atoms with Crippen LogP contribution in [-0.4, -0.2) is 32.8 Å². The summed E-state index contributed by atoms with van der Waals surface area (Å²) in [6.45, 7) is 0.570. The molecule has 2 heterocycles. The first-order valence-corrected chi connectivity index (χ1v) is 8.27. The quantitative estimate of drug-likeness (QED) is 0.701. The highest BCUT2D eigenvalue weighted by Gasteiger charge is 2.16. The van der Waals surface area contributed by atoms with Crippen molar-refractivity contribution in [3.05, 3.63) is 63.0 Å². The first-order valence-electron chi connectivity index (χ1n) is 6.59. The maximum absolute atomic E-state index is 12.4. The van der Waals surface area contributed by atoms with E-state index in [1.807, 2.05) is 41.8 Å². The second-order valence-electron chi connectivity index (χ2n) is 4.77. The monoisotopic (exact) mass is 376 g/mol. The van der Waals surface area contributed by atoms with Gasteiger partial charge in [-0.1, -0.05) is 33.3 Å². The predicted molar refractivity (Wildman–Crippen MR) is 89.2 cm³/mol. The van der Waals surface area contributed by atoms with E-state index in [2.05, 4.69) is 26.2 Å². The van der Waals surface area contributed by atoms with Gasteiger partial charge < -0.3 is 4.90 Å². The van der Waals surface area contributed by atoms with E-state index in [4.69, 9.17) is 0 Å². The van der Waals surface area contributed by atoms with Gasteiger partial charge in [0.1, 0.15) is 0 Å². The Bertz CT molecular complexity index is 784. The minimum atomic E-state index is -0.144. The fourth-order valence-corrected chi connectivity index (χ4v) is 3.15. The van der Waals surface area contributed by atoms with Crippen molar-refractivity contribution in [3.8, 4) is 5.69 Å². The van der Waals surface area contributed by atoms with E-state index in [1.54, 1.807) is 34.2 Å². The molecular weight excluding hydrogens is 364 g/mol. The lowest BCUT2D eigenvalue weighted by molar-refractivity contribution is 0.0780. The number of carbonyl (C=O) groups is 1. The normalized spacial score (nSPS) is 10.6. The molecule has 3 aromatic rings. The molecule has 0 fully saturated rings. The van der Waals surface area contributed by atoms with Crippen LogP contribution in [-0.2, 0) is 6.54 Å². The zero-order valence-corrected chi connectivity index (χ0v) is 14.2. The molecule has 112 valence electrons. The molecule has 22 heavy (non-hydrogen) atoms. The van der Waals surface area contributed by atoms with Crippen LogP contribution in [0.5, 0.6) is 0 Å². The van der Waals surface area contributed by atoms with E-state index in [1.165, 1.54) is 0 Å². The van der Waals surface area contributed by atoms with Crippen LogP contribution in [0.25, 0.3) is 5.69 Å². The van der Waals surface area contributed by atoms with E-state index in [0.29, 0.717) is 12.2 Å². The molecule has 0 unspecified atom stereocenters. The van der Waals surface area contributed by atoms with Crippen LogP contribution in [0.2, 0.25) is 0 Å². The molecule has 0 aliphatic carbocycles. The molecule has 3 rings (SSSR count). The first kappa shape index (κ1) is 14.9. The average molecular weight is 377 g/mol. The fourth-order valence-electron chi connectivity index (χ4n) is 2.01. The third kappa shape index (κ3) is 3.26.